The van der Waals surface area contributed by atoms with Gasteiger partial charge in [-0.15, -0.1) is 0 Å². The molecule has 7 aromatic rings. The molecule has 0 aromatic heterocycles. The van der Waals surface area contributed by atoms with E-state index in [0.29, 0.717) is 0 Å². The normalized spacial score (nSPS) is 15.2. The van der Waals surface area contributed by atoms with E-state index in [1.165, 1.54) is 0 Å². The third kappa shape index (κ3) is 4.63. The number of fused-ring (bicyclic) bond motifs is 5. The molecular weight excluding hydrogens is 565 g/mol. The van der Waals surface area contributed by atoms with Crippen LogP contribution in [0.2, 0.25) is 0 Å². The first-order chi connectivity index (χ1) is 22.2. The van der Waals surface area contributed by atoms with Gasteiger partial charge in [-0.2, -0.15) is 0 Å². The zero-order chi connectivity index (χ0) is 30.2. The van der Waals surface area contributed by atoms with E-state index < -0.39 is 7.29 Å². The van der Waals surface area contributed by atoms with Gasteiger partial charge in [0.2, 0.25) is 7.29 Å². The maximum Gasteiger partial charge on any atom is 0.234 e. The lowest BCUT2D eigenvalue weighted by Crippen LogP contribution is -2.31. The van der Waals surface area contributed by atoms with Gasteiger partial charge in [0, 0.05) is 21.9 Å². The molecule has 8 rings (SSSR count). The summed E-state index contributed by atoms with van der Waals surface area (Å²) in [6, 6.07) is 62.6. The van der Waals surface area contributed by atoms with Crippen LogP contribution in [0, 0.1) is 0 Å². The summed E-state index contributed by atoms with van der Waals surface area (Å²) in [5.41, 5.74) is 10.5. The van der Waals surface area contributed by atoms with Gasteiger partial charge in [-0.1, -0.05) is 140 Å². The average Bonchev–Trinajstić information content (AvgIpc) is 3.13. The lowest BCUT2D eigenvalue weighted by Gasteiger charge is -2.38. The molecule has 0 saturated heterocycles. The van der Waals surface area contributed by atoms with Gasteiger partial charge < -0.3 is 0 Å². The highest BCUT2D eigenvalue weighted by atomic mass is 31.2. The van der Waals surface area contributed by atoms with Gasteiger partial charge in [0.1, 0.15) is 0 Å². The van der Waals surface area contributed by atoms with Crippen LogP contribution in [0.3, 0.4) is 0 Å². The Morgan fingerprint density at radius 1 is 0.378 bits per heavy atom. The molecule has 2 nitrogen and oxygen atoms in total. The summed E-state index contributed by atoms with van der Waals surface area (Å²) in [4.78, 5) is 0. The minimum atomic E-state index is -3.49. The number of hydrogen-bond acceptors (Lipinski definition) is 1. The van der Waals surface area contributed by atoms with Crippen LogP contribution < -0.4 is 15.3 Å². The van der Waals surface area contributed by atoms with Crippen LogP contribution in [0.1, 0.15) is 0 Å². The van der Waals surface area contributed by atoms with Crippen molar-refractivity contribution in [1.82, 2.24) is 0 Å². The lowest BCUT2D eigenvalue weighted by atomic mass is 9.91. The summed E-state index contributed by atoms with van der Waals surface area (Å²) in [6.45, 7) is 0. The van der Waals surface area contributed by atoms with Crippen molar-refractivity contribution in [2.75, 3.05) is 4.67 Å². The van der Waals surface area contributed by atoms with E-state index in [-0.39, 0.29) is 0 Å². The molecule has 1 heterocycles. The molecule has 0 fully saturated rings. The van der Waals surface area contributed by atoms with E-state index in [2.05, 4.69) is 132 Å². The van der Waals surface area contributed by atoms with Gasteiger partial charge in [-0.25, -0.2) is 0 Å². The highest BCUT2D eigenvalue weighted by molar-refractivity contribution is 7.80. The number of benzene rings is 7. The summed E-state index contributed by atoms with van der Waals surface area (Å²) >= 11 is 0. The first-order valence-electron chi connectivity index (χ1n) is 15.2. The second-order valence-corrected chi connectivity index (χ2v) is 13.8. The fourth-order valence-corrected chi connectivity index (χ4v) is 9.58. The highest BCUT2D eigenvalue weighted by Gasteiger charge is 2.41. The molecule has 1 aliphatic rings. The molecule has 0 N–H and O–H groups in total. The number of hydrogen-bond donors (Lipinski definition) is 0. The van der Waals surface area contributed by atoms with Crippen molar-refractivity contribution < 1.29 is 4.57 Å². The molecule has 0 saturated carbocycles. The number of anilines is 2. The second kappa shape index (κ2) is 11.2. The fraction of sp³-hybridized carbons (Fsp3) is 0. The van der Waals surface area contributed by atoms with Crippen LogP contribution in [0.4, 0.5) is 11.4 Å². The van der Waals surface area contributed by atoms with E-state index in [1.54, 1.807) is 0 Å². The van der Waals surface area contributed by atoms with Gasteiger partial charge in [0.05, 0.1) is 5.69 Å². The molecule has 214 valence electrons. The van der Waals surface area contributed by atoms with Crippen molar-refractivity contribution >= 4 is 29.3 Å². The molecule has 0 spiro atoms. The van der Waals surface area contributed by atoms with Crippen molar-refractivity contribution in [2.24, 2.45) is 0 Å². The van der Waals surface area contributed by atoms with E-state index >= 15 is 4.57 Å². The third-order valence-electron chi connectivity index (χ3n) is 8.68. The van der Waals surface area contributed by atoms with Crippen molar-refractivity contribution in [1.29, 1.82) is 0 Å². The van der Waals surface area contributed by atoms with Crippen LogP contribution in [0.15, 0.2) is 182 Å². The molecule has 45 heavy (non-hydrogen) atoms. The molecule has 1 aliphatic heterocycles. The Hall–Kier alpha value is -5.43. The number of nitrogens with zero attached hydrogens (tertiary/aromatic N) is 1. The van der Waals surface area contributed by atoms with Gasteiger partial charge in [0.15, 0.2) is 0 Å². The van der Waals surface area contributed by atoms with E-state index in [1.807, 2.05) is 54.6 Å². The van der Waals surface area contributed by atoms with Gasteiger partial charge in [-0.05, 0) is 81.4 Å². The van der Waals surface area contributed by atoms with Crippen LogP contribution >= 0.6 is 7.29 Å². The fourth-order valence-electron chi connectivity index (χ4n) is 6.54. The highest BCUT2D eigenvalue weighted by Crippen LogP contribution is 2.60. The molecule has 3 heteroatoms. The Kier molecular flexibility index (Phi) is 6.78. The summed E-state index contributed by atoms with van der Waals surface area (Å²) in [5.74, 6) is 0. The number of rotatable bonds is 4. The maximum atomic E-state index is 16.4. The summed E-state index contributed by atoms with van der Waals surface area (Å²) in [6.07, 6.45) is 0. The Morgan fingerprint density at radius 2 is 0.844 bits per heavy atom. The Bertz CT molecular complexity index is 2180. The maximum absolute atomic E-state index is 16.4. The predicted molar refractivity (Wildman–Crippen MR) is 190 cm³/mol. The third-order valence-corrected chi connectivity index (χ3v) is 11.7. The van der Waals surface area contributed by atoms with Crippen LogP contribution in [0.25, 0.3) is 44.5 Å². The molecule has 1 unspecified atom stereocenters. The molecule has 0 radical (unpaired) electrons. The first-order valence-corrected chi connectivity index (χ1v) is 16.9. The first kappa shape index (κ1) is 27.1. The smallest absolute Gasteiger partial charge is 0.234 e. The van der Waals surface area contributed by atoms with Crippen LogP contribution in [-0.2, 0) is 4.57 Å². The van der Waals surface area contributed by atoms with Crippen LogP contribution in [0.5, 0.6) is 0 Å². The van der Waals surface area contributed by atoms with Crippen molar-refractivity contribution in [3.05, 3.63) is 182 Å². The summed E-state index contributed by atoms with van der Waals surface area (Å²) in [5, 5.41) is 1.62. The van der Waals surface area contributed by atoms with Gasteiger partial charge in [-0.3, -0.25) is 9.24 Å². The Labute approximate surface area is 264 Å². The zero-order valence-corrected chi connectivity index (χ0v) is 25.5. The predicted octanol–water partition coefficient (Wildman–Crippen LogP) is 10.7. The molecule has 0 amide bonds. The Morgan fingerprint density at radius 3 is 1.49 bits per heavy atom. The molecule has 1 atom stereocenters. The SMILES string of the molecule is O=P1(c2ccccc2)c2ccccc2-c2ccccc2-c2cc(-c3ccccc3)ccc2N1c1ccc(-c2ccccc2)cc1. The van der Waals surface area contributed by atoms with E-state index in [4.69, 9.17) is 0 Å². The van der Waals surface area contributed by atoms with Gasteiger partial charge >= 0.3 is 0 Å². The molecule has 0 aliphatic carbocycles. The minimum absolute atomic E-state index is 0.794. The lowest BCUT2D eigenvalue weighted by molar-refractivity contribution is 0.587. The quantitative estimate of drug-likeness (QED) is 0.189. The van der Waals surface area contributed by atoms with Gasteiger partial charge in [0.25, 0.3) is 0 Å². The average molecular weight is 596 g/mol. The van der Waals surface area contributed by atoms with Crippen molar-refractivity contribution in [3.8, 4) is 44.5 Å². The van der Waals surface area contributed by atoms with Crippen molar-refractivity contribution in [2.45, 2.75) is 0 Å². The monoisotopic (exact) mass is 595 g/mol. The second-order valence-electron chi connectivity index (χ2n) is 11.3. The minimum Gasteiger partial charge on any atom is -0.289 e. The molecule has 7 aromatic carbocycles. The Balaban J connectivity index is 1.47. The standard InChI is InChI=1S/C42H30NOP/c44-45(36-18-8-3-9-19-36)42-23-13-12-22-39(42)37-20-10-11-21-38(37)40-30-34(32-16-6-2-7-17-32)26-29-41(40)43(45)35-27-24-33(25-28-35)31-14-4-1-5-15-31/h1-30H. The topological polar surface area (TPSA) is 20.3 Å². The van der Waals surface area contributed by atoms with Crippen LogP contribution in [-0.4, -0.2) is 0 Å². The van der Waals surface area contributed by atoms with E-state index in [9.17, 15) is 0 Å². The largest absolute Gasteiger partial charge is 0.289 e. The molecule has 0 bridgehead atoms. The zero-order valence-electron chi connectivity index (χ0n) is 24.6. The van der Waals surface area contributed by atoms with Crippen molar-refractivity contribution in [3.63, 3.8) is 0 Å². The summed E-state index contributed by atoms with van der Waals surface area (Å²) < 4.78 is 18.5. The van der Waals surface area contributed by atoms with E-state index in [0.717, 1.165) is 66.5 Å². The molecular formula is C42H30NOP. The summed E-state index contributed by atoms with van der Waals surface area (Å²) in [7, 11) is -3.49.